The van der Waals surface area contributed by atoms with Crippen LogP contribution in [-0.2, 0) is 15.7 Å². The van der Waals surface area contributed by atoms with Gasteiger partial charge in [0.05, 0.1) is 17.8 Å². The molecule has 1 aliphatic rings. The van der Waals surface area contributed by atoms with Crippen LogP contribution in [0.2, 0.25) is 0 Å². The van der Waals surface area contributed by atoms with Gasteiger partial charge in [-0.1, -0.05) is 0 Å². The van der Waals surface area contributed by atoms with Crippen LogP contribution in [0.1, 0.15) is 25.7 Å². The topological polar surface area (TPSA) is 105 Å². The van der Waals surface area contributed by atoms with Gasteiger partial charge in [-0.05, 0) is 43.9 Å². The second-order valence-electron chi connectivity index (χ2n) is 5.75. The first-order valence-electron chi connectivity index (χ1n) is 7.68. The van der Waals surface area contributed by atoms with Gasteiger partial charge >= 0.3 is 5.97 Å². The number of carboxylic acid groups (broad SMARTS) is 1. The molecular weight excluding hydrogens is 332 g/mol. The highest BCUT2D eigenvalue weighted by Crippen LogP contribution is 2.30. The zero-order valence-electron chi connectivity index (χ0n) is 12.9. The van der Waals surface area contributed by atoms with Crippen molar-refractivity contribution < 1.29 is 18.3 Å². The van der Waals surface area contributed by atoms with E-state index in [1.807, 2.05) is 0 Å². The van der Waals surface area contributed by atoms with Crippen molar-refractivity contribution in [3.63, 3.8) is 0 Å². The minimum atomic E-state index is -2.82. The van der Waals surface area contributed by atoms with Crippen molar-refractivity contribution in [3.8, 4) is 5.82 Å². The Hall–Kier alpha value is -2.42. The number of hydrogen-bond acceptors (Lipinski definition) is 5. The van der Waals surface area contributed by atoms with E-state index < -0.39 is 16.9 Å². The van der Waals surface area contributed by atoms with E-state index in [2.05, 4.69) is 10.1 Å². The fourth-order valence-electron chi connectivity index (χ4n) is 3.06. The number of pyridine rings is 1. The van der Waals surface area contributed by atoms with Crippen molar-refractivity contribution in [1.29, 1.82) is 0 Å². The number of carboxylic acids is 1. The Balaban J connectivity index is 1.78. The quantitative estimate of drug-likeness (QED) is 0.786. The van der Waals surface area contributed by atoms with Crippen LogP contribution in [0.25, 0.3) is 5.82 Å². The zero-order chi connectivity index (χ0) is 17.1. The molecule has 0 saturated heterocycles. The standard InChI is InChI=1S/C15H18N4O4S/c20-15(21)11-2-4-12(5-3-11)19(24(22)23)13-6-7-14(16-10-13)18-9-1-8-17-18/h1,6-12,24H,2-5H2,(H,20,21). The van der Waals surface area contributed by atoms with E-state index in [4.69, 9.17) is 5.11 Å². The first-order chi connectivity index (χ1) is 11.6. The monoisotopic (exact) mass is 350 g/mol. The van der Waals surface area contributed by atoms with E-state index in [-0.39, 0.29) is 12.0 Å². The molecule has 1 N–H and O–H groups in total. The van der Waals surface area contributed by atoms with E-state index >= 15 is 0 Å². The highest BCUT2D eigenvalue weighted by atomic mass is 32.2. The molecule has 2 aromatic heterocycles. The molecule has 24 heavy (non-hydrogen) atoms. The third kappa shape index (κ3) is 3.40. The minimum Gasteiger partial charge on any atom is -0.481 e. The number of rotatable bonds is 5. The van der Waals surface area contributed by atoms with Crippen LogP contribution < -0.4 is 4.31 Å². The van der Waals surface area contributed by atoms with E-state index in [1.54, 1.807) is 35.3 Å². The van der Waals surface area contributed by atoms with Gasteiger partial charge in [-0.3, -0.25) is 9.10 Å². The summed E-state index contributed by atoms with van der Waals surface area (Å²) in [5, 5.41) is 13.1. The molecule has 0 spiro atoms. The second-order valence-corrected chi connectivity index (χ2v) is 6.66. The number of nitrogens with zero attached hydrogens (tertiary/aromatic N) is 4. The summed E-state index contributed by atoms with van der Waals surface area (Å²) >= 11 is 0. The third-order valence-corrected chi connectivity index (χ3v) is 5.21. The lowest BCUT2D eigenvalue weighted by atomic mass is 9.86. The number of aromatic nitrogens is 3. The smallest absolute Gasteiger partial charge is 0.306 e. The summed E-state index contributed by atoms with van der Waals surface area (Å²) in [6.07, 6.45) is 6.92. The molecule has 1 fully saturated rings. The van der Waals surface area contributed by atoms with Crippen molar-refractivity contribution in [3.05, 3.63) is 36.8 Å². The Labute approximate surface area is 140 Å². The number of thiol groups is 1. The molecule has 3 rings (SSSR count). The van der Waals surface area contributed by atoms with Crippen LogP contribution in [0.3, 0.4) is 0 Å². The summed E-state index contributed by atoms with van der Waals surface area (Å²) in [5.41, 5.74) is 0.487. The fourth-order valence-corrected chi connectivity index (χ4v) is 3.86. The molecule has 0 unspecified atom stereocenters. The maximum absolute atomic E-state index is 11.7. The van der Waals surface area contributed by atoms with Crippen molar-refractivity contribution >= 4 is 22.5 Å². The Morgan fingerprint density at radius 3 is 2.50 bits per heavy atom. The Bertz CT molecular complexity index is 757. The molecule has 2 heterocycles. The van der Waals surface area contributed by atoms with Crippen LogP contribution in [0, 0.1) is 5.92 Å². The molecule has 0 radical (unpaired) electrons. The molecule has 9 heteroatoms. The predicted molar refractivity (Wildman–Crippen MR) is 87.5 cm³/mol. The van der Waals surface area contributed by atoms with Crippen LogP contribution in [-0.4, -0.2) is 40.3 Å². The van der Waals surface area contributed by atoms with E-state index in [9.17, 15) is 13.2 Å². The Morgan fingerprint density at radius 1 is 1.25 bits per heavy atom. The van der Waals surface area contributed by atoms with Crippen molar-refractivity contribution in [2.24, 2.45) is 5.92 Å². The maximum atomic E-state index is 11.7. The normalized spacial score (nSPS) is 20.9. The summed E-state index contributed by atoms with van der Waals surface area (Å²) in [4.78, 5) is 15.3. The van der Waals surface area contributed by atoms with E-state index in [0.29, 0.717) is 37.2 Å². The Kier molecular flexibility index (Phi) is 4.79. The fraction of sp³-hybridized carbons (Fsp3) is 0.400. The van der Waals surface area contributed by atoms with Crippen molar-refractivity contribution in [1.82, 2.24) is 14.8 Å². The summed E-state index contributed by atoms with van der Waals surface area (Å²) in [6, 6.07) is 4.95. The summed E-state index contributed by atoms with van der Waals surface area (Å²) in [6.45, 7) is 0. The largest absolute Gasteiger partial charge is 0.481 e. The van der Waals surface area contributed by atoms with Crippen LogP contribution >= 0.6 is 0 Å². The molecule has 0 bridgehead atoms. The lowest BCUT2D eigenvalue weighted by molar-refractivity contribution is -0.142. The van der Waals surface area contributed by atoms with Gasteiger partial charge in [-0.2, -0.15) is 5.10 Å². The number of hydrogen-bond donors (Lipinski definition) is 2. The highest BCUT2D eigenvalue weighted by molar-refractivity contribution is 7.74. The van der Waals surface area contributed by atoms with Crippen molar-refractivity contribution in [2.75, 3.05) is 4.31 Å². The second kappa shape index (κ2) is 7.00. The van der Waals surface area contributed by atoms with Gasteiger partial charge in [0, 0.05) is 18.4 Å². The first kappa shape index (κ1) is 16.4. The van der Waals surface area contributed by atoms with Crippen LogP contribution in [0.15, 0.2) is 36.8 Å². The number of anilines is 1. The van der Waals surface area contributed by atoms with Gasteiger partial charge in [0.1, 0.15) is 0 Å². The molecule has 0 amide bonds. The molecule has 2 aromatic rings. The van der Waals surface area contributed by atoms with E-state index in [0.717, 1.165) is 0 Å². The van der Waals surface area contributed by atoms with Gasteiger partial charge in [-0.25, -0.2) is 18.1 Å². The molecule has 0 atom stereocenters. The Morgan fingerprint density at radius 2 is 2.00 bits per heavy atom. The van der Waals surface area contributed by atoms with Gasteiger partial charge < -0.3 is 5.11 Å². The first-order valence-corrected chi connectivity index (χ1v) is 8.81. The molecule has 0 aromatic carbocycles. The van der Waals surface area contributed by atoms with Gasteiger partial charge in [0.25, 0.3) is 0 Å². The number of aliphatic carboxylic acids is 1. The average molecular weight is 350 g/mol. The third-order valence-electron chi connectivity index (χ3n) is 4.30. The van der Waals surface area contributed by atoms with Crippen molar-refractivity contribution in [2.45, 2.75) is 31.7 Å². The predicted octanol–water partition coefficient (Wildman–Crippen LogP) is 1.24. The minimum absolute atomic E-state index is 0.223. The molecule has 0 aliphatic heterocycles. The molecule has 128 valence electrons. The van der Waals surface area contributed by atoms with Gasteiger partial charge in [-0.15, -0.1) is 0 Å². The van der Waals surface area contributed by atoms with Crippen LogP contribution in [0.5, 0.6) is 0 Å². The molecular formula is C15H18N4O4S. The van der Waals surface area contributed by atoms with Crippen LogP contribution in [0.4, 0.5) is 5.69 Å². The molecule has 1 saturated carbocycles. The summed E-state index contributed by atoms with van der Waals surface area (Å²) in [5.74, 6) is -0.593. The lowest BCUT2D eigenvalue weighted by Crippen LogP contribution is -2.38. The molecule has 8 nitrogen and oxygen atoms in total. The zero-order valence-corrected chi connectivity index (χ0v) is 13.7. The lowest BCUT2D eigenvalue weighted by Gasteiger charge is -2.33. The SMILES string of the molecule is O=C(O)C1CCC(N(c2ccc(-n3cccn3)nc2)[SH](=O)=O)CC1. The molecule has 1 aliphatic carbocycles. The van der Waals surface area contributed by atoms with Gasteiger partial charge in [0.2, 0.25) is 10.9 Å². The summed E-state index contributed by atoms with van der Waals surface area (Å²) in [7, 11) is -2.82. The average Bonchev–Trinajstić information content (AvgIpc) is 3.10. The van der Waals surface area contributed by atoms with Gasteiger partial charge in [0.15, 0.2) is 5.82 Å². The maximum Gasteiger partial charge on any atom is 0.306 e. The summed E-state index contributed by atoms with van der Waals surface area (Å²) < 4.78 is 26.4. The highest BCUT2D eigenvalue weighted by Gasteiger charge is 2.30. The van der Waals surface area contributed by atoms with E-state index in [1.165, 1.54) is 10.5 Å². The number of carbonyl (C=O) groups is 1.